The number of benzene rings is 1. The Morgan fingerprint density at radius 3 is 2.50 bits per heavy atom. The Kier molecular flexibility index (Phi) is 3.57. The Hall–Kier alpha value is -2.24. The van der Waals surface area contributed by atoms with Crippen LogP contribution in [0.15, 0.2) is 23.1 Å². The molecule has 1 aromatic carbocycles. The Balaban J connectivity index is 2.65. The molecular formula is C14H17FN2O3. The number of halogens is 1. The lowest BCUT2D eigenvalue weighted by molar-refractivity contribution is 0.240. The molecule has 6 heteroatoms. The lowest BCUT2D eigenvalue weighted by Crippen LogP contribution is -2.21. The monoisotopic (exact) mass is 280 g/mol. The van der Waals surface area contributed by atoms with E-state index in [2.05, 4.69) is 0 Å². The minimum atomic E-state index is -0.595. The van der Waals surface area contributed by atoms with Crippen molar-refractivity contribution in [2.75, 3.05) is 0 Å². The maximum absolute atomic E-state index is 14.1. The first-order valence-electron chi connectivity index (χ1n) is 6.25. The Morgan fingerprint density at radius 1 is 1.35 bits per heavy atom. The molecule has 0 bridgehead atoms. The van der Waals surface area contributed by atoms with Crippen LogP contribution >= 0.6 is 0 Å². The molecule has 0 aliphatic rings. The van der Waals surface area contributed by atoms with Crippen LogP contribution in [0.2, 0.25) is 0 Å². The Bertz CT molecular complexity index is 701. The standard InChI is InChI=1S/C14H17FN2O3/c1-8(2)20-12-6-11(10(15)5-9(12)3)17-13(18)7-16(4)14(17)19/h5-8,18H,1-4H3. The fourth-order valence-electron chi connectivity index (χ4n) is 1.96. The summed E-state index contributed by atoms with van der Waals surface area (Å²) in [7, 11) is 1.48. The molecule has 5 nitrogen and oxygen atoms in total. The molecule has 20 heavy (non-hydrogen) atoms. The summed E-state index contributed by atoms with van der Waals surface area (Å²) in [4.78, 5) is 11.9. The van der Waals surface area contributed by atoms with Gasteiger partial charge in [0.25, 0.3) is 0 Å². The topological polar surface area (TPSA) is 56.4 Å². The summed E-state index contributed by atoms with van der Waals surface area (Å²) in [5.41, 5.74) is 0.0681. The van der Waals surface area contributed by atoms with Crippen LogP contribution in [0.5, 0.6) is 11.6 Å². The summed E-state index contributed by atoms with van der Waals surface area (Å²) in [6.07, 6.45) is 1.15. The average molecular weight is 280 g/mol. The van der Waals surface area contributed by atoms with Crippen LogP contribution in [0.4, 0.5) is 4.39 Å². The van der Waals surface area contributed by atoms with Gasteiger partial charge in [-0.1, -0.05) is 0 Å². The molecule has 0 radical (unpaired) electrons. The van der Waals surface area contributed by atoms with Crippen molar-refractivity contribution >= 4 is 0 Å². The average Bonchev–Trinajstić information content (AvgIpc) is 2.57. The van der Waals surface area contributed by atoms with E-state index < -0.39 is 11.5 Å². The number of ether oxygens (including phenoxy) is 1. The second kappa shape index (κ2) is 5.03. The number of hydrogen-bond acceptors (Lipinski definition) is 3. The molecule has 2 aromatic rings. The zero-order valence-electron chi connectivity index (χ0n) is 11.8. The van der Waals surface area contributed by atoms with E-state index in [1.807, 2.05) is 13.8 Å². The number of rotatable bonds is 3. The molecule has 1 N–H and O–H groups in total. The number of aromatic hydroxyl groups is 1. The normalized spacial score (nSPS) is 11.1. The third-order valence-corrected chi connectivity index (χ3v) is 2.88. The van der Waals surface area contributed by atoms with Crippen molar-refractivity contribution in [2.24, 2.45) is 7.05 Å². The Morgan fingerprint density at radius 2 is 2.00 bits per heavy atom. The maximum atomic E-state index is 14.1. The van der Waals surface area contributed by atoms with Crippen molar-refractivity contribution in [3.05, 3.63) is 40.2 Å². The highest BCUT2D eigenvalue weighted by atomic mass is 19.1. The van der Waals surface area contributed by atoms with Gasteiger partial charge in [-0.05, 0) is 32.4 Å². The predicted molar refractivity (Wildman–Crippen MR) is 73.1 cm³/mol. The highest BCUT2D eigenvalue weighted by Crippen LogP contribution is 2.27. The summed E-state index contributed by atoms with van der Waals surface area (Å²) >= 11 is 0. The quantitative estimate of drug-likeness (QED) is 0.937. The summed E-state index contributed by atoms with van der Waals surface area (Å²) in [6, 6.07) is 2.71. The molecule has 0 atom stereocenters. The molecule has 1 heterocycles. The van der Waals surface area contributed by atoms with E-state index in [1.165, 1.54) is 29.9 Å². The van der Waals surface area contributed by atoms with Crippen molar-refractivity contribution in [2.45, 2.75) is 26.9 Å². The summed E-state index contributed by atoms with van der Waals surface area (Å²) in [5.74, 6) is -0.440. The van der Waals surface area contributed by atoms with Crippen LogP contribution in [0.3, 0.4) is 0 Å². The van der Waals surface area contributed by atoms with E-state index in [0.29, 0.717) is 11.3 Å². The molecule has 0 amide bonds. The molecule has 2 rings (SSSR count). The highest BCUT2D eigenvalue weighted by molar-refractivity contribution is 5.47. The van der Waals surface area contributed by atoms with Crippen molar-refractivity contribution < 1.29 is 14.2 Å². The first-order chi connectivity index (χ1) is 9.31. The largest absolute Gasteiger partial charge is 0.493 e. The van der Waals surface area contributed by atoms with E-state index in [9.17, 15) is 14.3 Å². The van der Waals surface area contributed by atoms with Crippen LogP contribution in [-0.2, 0) is 7.05 Å². The van der Waals surface area contributed by atoms with Gasteiger partial charge in [0.2, 0.25) is 5.88 Å². The lowest BCUT2D eigenvalue weighted by atomic mass is 10.2. The van der Waals surface area contributed by atoms with Gasteiger partial charge in [-0.3, -0.25) is 4.57 Å². The van der Waals surface area contributed by atoms with Crippen LogP contribution in [0, 0.1) is 12.7 Å². The van der Waals surface area contributed by atoms with Gasteiger partial charge in [0.1, 0.15) is 11.6 Å². The number of imidazole rings is 1. The van der Waals surface area contributed by atoms with Crippen LogP contribution < -0.4 is 10.4 Å². The third kappa shape index (κ3) is 2.41. The minimum Gasteiger partial charge on any atom is -0.493 e. The van der Waals surface area contributed by atoms with Gasteiger partial charge in [-0.15, -0.1) is 0 Å². The fourth-order valence-corrected chi connectivity index (χ4v) is 1.96. The smallest absolute Gasteiger partial charge is 0.335 e. The summed E-state index contributed by atoms with van der Waals surface area (Å²) < 4.78 is 21.7. The number of nitrogens with zero attached hydrogens (tertiary/aromatic N) is 2. The molecule has 0 saturated carbocycles. The molecule has 0 fully saturated rings. The molecule has 1 aromatic heterocycles. The van der Waals surface area contributed by atoms with Crippen LogP contribution in [0.1, 0.15) is 19.4 Å². The predicted octanol–water partition coefficient (Wildman–Crippen LogP) is 2.12. The van der Waals surface area contributed by atoms with E-state index in [1.54, 1.807) is 6.92 Å². The van der Waals surface area contributed by atoms with Gasteiger partial charge >= 0.3 is 5.69 Å². The van der Waals surface area contributed by atoms with Gasteiger partial charge in [0.15, 0.2) is 0 Å². The molecule has 0 spiro atoms. The van der Waals surface area contributed by atoms with Crippen molar-refractivity contribution in [3.63, 3.8) is 0 Å². The van der Waals surface area contributed by atoms with E-state index in [0.717, 1.165) is 4.57 Å². The zero-order valence-corrected chi connectivity index (χ0v) is 11.8. The number of hydrogen-bond donors (Lipinski definition) is 1. The fraction of sp³-hybridized carbons (Fsp3) is 0.357. The van der Waals surface area contributed by atoms with Crippen molar-refractivity contribution in [3.8, 4) is 17.3 Å². The van der Waals surface area contributed by atoms with E-state index >= 15 is 0 Å². The minimum absolute atomic E-state index is 0.0330. The highest BCUT2D eigenvalue weighted by Gasteiger charge is 2.17. The molecule has 0 saturated heterocycles. The van der Waals surface area contributed by atoms with E-state index in [4.69, 9.17) is 4.74 Å². The first-order valence-corrected chi connectivity index (χ1v) is 6.25. The zero-order chi connectivity index (χ0) is 15.0. The van der Waals surface area contributed by atoms with Crippen LogP contribution in [0.25, 0.3) is 5.69 Å². The summed E-state index contributed by atoms with van der Waals surface area (Å²) in [6.45, 7) is 5.43. The first kappa shape index (κ1) is 14.2. The molecule has 108 valence electrons. The SMILES string of the molecule is Cc1cc(F)c(-n2c(O)cn(C)c2=O)cc1OC(C)C. The number of aromatic nitrogens is 2. The Labute approximate surface area is 115 Å². The number of aryl methyl sites for hydroxylation is 2. The molecule has 0 unspecified atom stereocenters. The molecule has 0 aliphatic heterocycles. The second-order valence-corrected chi connectivity index (χ2v) is 4.95. The molecule has 0 aliphatic carbocycles. The van der Waals surface area contributed by atoms with Crippen LogP contribution in [-0.4, -0.2) is 20.3 Å². The van der Waals surface area contributed by atoms with Gasteiger partial charge in [0.05, 0.1) is 18.0 Å². The van der Waals surface area contributed by atoms with Gasteiger partial charge in [-0.2, -0.15) is 0 Å². The molecular weight excluding hydrogens is 263 g/mol. The van der Waals surface area contributed by atoms with Crippen molar-refractivity contribution in [1.82, 2.24) is 9.13 Å². The van der Waals surface area contributed by atoms with Gasteiger partial charge < -0.3 is 9.84 Å². The second-order valence-electron chi connectivity index (χ2n) is 4.95. The maximum Gasteiger partial charge on any atom is 0.335 e. The lowest BCUT2D eigenvalue weighted by Gasteiger charge is -2.14. The van der Waals surface area contributed by atoms with Crippen molar-refractivity contribution in [1.29, 1.82) is 0 Å². The van der Waals surface area contributed by atoms with Gasteiger partial charge in [0, 0.05) is 13.1 Å². The van der Waals surface area contributed by atoms with E-state index in [-0.39, 0.29) is 17.7 Å². The van der Waals surface area contributed by atoms with Gasteiger partial charge in [-0.25, -0.2) is 13.8 Å². The third-order valence-electron chi connectivity index (χ3n) is 2.88. The summed E-state index contributed by atoms with van der Waals surface area (Å²) in [5, 5.41) is 9.77.